The molecule has 45 heavy (non-hydrogen) atoms. The Morgan fingerprint density at radius 3 is 2.33 bits per heavy atom. The first-order chi connectivity index (χ1) is 21.9. The first-order valence-corrected chi connectivity index (χ1v) is 14.7. The Morgan fingerprint density at radius 1 is 0.844 bits per heavy atom. The molecule has 0 unspecified atom stereocenters. The number of carboxylic acids is 1. The third-order valence-corrected chi connectivity index (χ3v) is 7.49. The van der Waals surface area contributed by atoms with E-state index in [1.54, 1.807) is 24.3 Å². The lowest BCUT2D eigenvalue weighted by atomic mass is 10.0. The van der Waals surface area contributed by atoms with E-state index < -0.39 is 11.8 Å². The number of halogens is 1. The number of rotatable bonds is 12. The number of fused-ring (bicyclic) bond motifs is 1. The van der Waals surface area contributed by atoms with Gasteiger partial charge in [0.1, 0.15) is 23.9 Å². The summed E-state index contributed by atoms with van der Waals surface area (Å²) >= 11 is 0. The van der Waals surface area contributed by atoms with Crippen LogP contribution in [0.2, 0.25) is 0 Å². The highest BCUT2D eigenvalue weighted by molar-refractivity contribution is 5.83. The Labute approximate surface area is 258 Å². The molecule has 0 radical (unpaired) electrons. The molecule has 0 aliphatic carbocycles. The van der Waals surface area contributed by atoms with Crippen LogP contribution < -0.4 is 5.56 Å². The zero-order valence-corrected chi connectivity index (χ0v) is 24.4. The largest absolute Gasteiger partial charge is 0.481 e. The molecule has 0 bridgehead atoms. The normalized spacial score (nSPS) is 11.2. The molecule has 6 aromatic rings. The van der Waals surface area contributed by atoms with E-state index in [9.17, 15) is 14.0 Å². The number of benzene rings is 4. The topological polar surface area (TPSA) is 107 Å². The average molecular weight is 604 g/mol. The molecular weight excluding hydrogens is 573 g/mol. The zero-order valence-electron chi connectivity index (χ0n) is 24.4. The van der Waals surface area contributed by atoms with Crippen molar-refractivity contribution in [3.8, 4) is 28.1 Å². The molecule has 0 aliphatic rings. The maximum atomic E-state index is 13.6. The molecule has 2 heterocycles. The van der Waals surface area contributed by atoms with Gasteiger partial charge in [-0.05, 0) is 65.9 Å². The summed E-state index contributed by atoms with van der Waals surface area (Å²) in [5.41, 5.74) is 5.31. The van der Waals surface area contributed by atoms with Crippen LogP contribution in [0, 0.1) is 5.82 Å². The fraction of sp³-hybridized carbons (Fsp3) is 0.167. The minimum Gasteiger partial charge on any atom is -0.481 e. The summed E-state index contributed by atoms with van der Waals surface area (Å²) in [4.78, 5) is 29.4. The minimum atomic E-state index is -0.878. The van der Waals surface area contributed by atoms with Gasteiger partial charge in [-0.15, -0.1) is 0 Å². The molecule has 6 rings (SSSR count). The van der Waals surface area contributed by atoms with Crippen LogP contribution in [-0.4, -0.2) is 25.8 Å². The second-order valence-corrected chi connectivity index (χ2v) is 10.7. The number of nitrogens with zero attached hydrogens (tertiary/aromatic N) is 3. The average Bonchev–Trinajstić information content (AvgIpc) is 3.53. The van der Waals surface area contributed by atoms with Crippen LogP contribution in [0.3, 0.4) is 0 Å². The third kappa shape index (κ3) is 7.05. The zero-order chi connectivity index (χ0) is 31.2. The third-order valence-electron chi connectivity index (χ3n) is 7.49. The Balaban J connectivity index is 1.18. The van der Waals surface area contributed by atoms with E-state index >= 15 is 0 Å². The van der Waals surface area contributed by atoms with Crippen molar-refractivity contribution in [2.45, 2.75) is 38.9 Å². The number of aryl methyl sites for hydroxylation is 1. The fourth-order valence-corrected chi connectivity index (χ4v) is 5.19. The lowest BCUT2D eigenvalue weighted by Crippen LogP contribution is -2.24. The molecule has 9 heteroatoms. The van der Waals surface area contributed by atoms with Gasteiger partial charge < -0.3 is 14.4 Å². The van der Waals surface area contributed by atoms with Gasteiger partial charge in [0.25, 0.3) is 5.56 Å². The van der Waals surface area contributed by atoms with Crippen molar-refractivity contribution >= 4 is 16.9 Å². The van der Waals surface area contributed by atoms with Crippen molar-refractivity contribution in [3.63, 3.8) is 0 Å². The Bertz CT molecular complexity index is 1980. The molecule has 0 amide bonds. The Hall–Kier alpha value is -5.41. The molecule has 1 N–H and O–H groups in total. The van der Waals surface area contributed by atoms with Crippen LogP contribution in [0.15, 0.2) is 112 Å². The maximum Gasteiger partial charge on any atom is 0.303 e. The number of ether oxygens (including phenoxy) is 1. The molecule has 2 aromatic heterocycles. The minimum absolute atomic E-state index is 0.0251. The summed E-state index contributed by atoms with van der Waals surface area (Å²) in [5, 5.41) is 13.6. The van der Waals surface area contributed by atoms with Gasteiger partial charge in [-0.25, -0.2) is 9.37 Å². The molecule has 4 aromatic carbocycles. The van der Waals surface area contributed by atoms with E-state index in [0.29, 0.717) is 59.7 Å². The van der Waals surface area contributed by atoms with E-state index in [-0.39, 0.29) is 18.6 Å². The molecule has 0 saturated carbocycles. The summed E-state index contributed by atoms with van der Waals surface area (Å²) in [6.07, 6.45) is 1.36. The molecule has 0 atom stereocenters. The number of aromatic nitrogens is 3. The van der Waals surface area contributed by atoms with Crippen LogP contribution >= 0.6 is 0 Å². The first-order valence-electron chi connectivity index (χ1n) is 14.7. The predicted molar refractivity (Wildman–Crippen MR) is 168 cm³/mol. The van der Waals surface area contributed by atoms with Crippen molar-refractivity contribution in [3.05, 3.63) is 136 Å². The highest BCUT2D eigenvalue weighted by atomic mass is 19.1. The maximum absolute atomic E-state index is 13.6. The predicted octanol–water partition coefficient (Wildman–Crippen LogP) is 7.36. The van der Waals surface area contributed by atoms with Gasteiger partial charge in [-0.3, -0.25) is 14.2 Å². The summed E-state index contributed by atoms with van der Waals surface area (Å²) in [6.45, 7) is 0.655. The van der Waals surface area contributed by atoms with Crippen molar-refractivity contribution in [1.29, 1.82) is 0 Å². The monoisotopic (exact) mass is 603 g/mol. The molecular formula is C36H30FN3O5. The number of carboxylic acid groups (broad SMARTS) is 1. The first kappa shape index (κ1) is 29.7. The highest BCUT2D eigenvalue weighted by Gasteiger charge is 2.15. The second kappa shape index (κ2) is 13.5. The van der Waals surface area contributed by atoms with E-state index in [4.69, 9.17) is 19.4 Å². The van der Waals surface area contributed by atoms with Crippen molar-refractivity contribution < 1.29 is 23.6 Å². The molecule has 226 valence electrons. The molecule has 0 saturated heterocycles. The molecule has 0 aliphatic heterocycles. The molecule has 0 spiro atoms. The number of hydrogen-bond acceptors (Lipinski definition) is 6. The van der Waals surface area contributed by atoms with E-state index in [2.05, 4.69) is 29.4 Å². The van der Waals surface area contributed by atoms with Crippen LogP contribution in [0.1, 0.15) is 36.4 Å². The van der Waals surface area contributed by atoms with Gasteiger partial charge >= 0.3 is 5.97 Å². The number of carbonyl (C=O) groups is 1. The van der Waals surface area contributed by atoms with Crippen LogP contribution in [0.4, 0.5) is 4.39 Å². The Kier molecular flexibility index (Phi) is 8.89. The quantitative estimate of drug-likeness (QED) is 0.146. The lowest BCUT2D eigenvalue weighted by Gasteiger charge is -2.14. The van der Waals surface area contributed by atoms with E-state index in [1.165, 1.54) is 28.8 Å². The molecule has 8 nitrogen and oxygen atoms in total. The summed E-state index contributed by atoms with van der Waals surface area (Å²) in [7, 11) is 0. The molecule has 0 fully saturated rings. The van der Waals surface area contributed by atoms with Gasteiger partial charge in [0.2, 0.25) is 0 Å². The van der Waals surface area contributed by atoms with Gasteiger partial charge in [-0.1, -0.05) is 65.8 Å². The van der Waals surface area contributed by atoms with Gasteiger partial charge in [0.05, 0.1) is 23.2 Å². The highest BCUT2D eigenvalue weighted by Crippen LogP contribution is 2.25. The SMILES string of the molecule is O=C(O)CCCCc1nc2cc(-c3cc(COCc4ccc(-c5ccccc5)cc4)on3)ccc2c(=O)n1-c1ccc(F)cc1. The summed E-state index contributed by atoms with van der Waals surface area (Å²) < 4.78 is 26.5. The summed E-state index contributed by atoms with van der Waals surface area (Å²) in [5.74, 6) is -0.266. The van der Waals surface area contributed by atoms with Gasteiger partial charge in [0.15, 0.2) is 5.76 Å². The fourth-order valence-electron chi connectivity index (χ4n) is 5.19. The smallest absolute Gasteiger partial charge is 0.303 e. The van der Waals surface area contributed by atoms with Crippen LogP contribution in [0.5, 0.6) is 0 Å². The van der Waals surface area contributed by atoms with E-state index in [1.807, 2.05) is 30.3 Å². The van der Waals surface area contributed by atoms with Crippen LogP contribution in [-0.2, 0) is 29.2 Å². The standard InChI is InChI=1S/C36H30FN3O5/c37-28-15-17-29(18-16-28)40-34(8-4-5-9-35(41)42)38-33-20-27(14-19-31(33)36(40)43)32-21-30(45-39-32)23-44-22-24-10-12-26(13-11-24)25-6-2-1-3-7-25/h1-3,6-7,10-21H,4-5,8-9,22-23H2,(H,41,42). The number of unbranched alkanes of at least 4 members (excludes halogenated alkanes) is 1. The van der Waals surface area contributed by atoms with Gasteiger partial charge in [-0.2, -0.15) is 0 Å². The van der Waals surface area contributed by atoms with Crippen molar-refractivity contribution in [2.24, 2.45) is 0 Å². The number of aliphatic carboxylic acids is 1. The van der Waals surface area contributed by atoms with Gasteiger partial charge in [0, 0.05) is 24.5 Å². The van der Waals surface area contributed by atoms with Crippen molar-refractivity contribution in [2.75, 3.05) is 0 Å². The van der Waals surface area contributed by atoms with E-state index in [0.717, 1.165) is 22.3 Å². The number of hydrogen-bond donors (Lipinski definition) is 1. The Morgan fingerprint density at radius 2 is 1.58 bits per heavy atom. The van der Waals surface area contributed by atoms with Crippen molar-refractivity contribution in [1.82, 2.24) is 14.7 Å². The second-order valence-electron chi connectivity index (χ2n) is 10.7. The summed E-state index contributed by atoms with van der Waals surface area (Å²) in [6, 6.07) is 31.1. The van der Waals surface area contributed by atoms with Crippen LogP contribution in [0.25, 0.3) is 39.0 Å². The lowest BCUT2D eigenvalue weighted by molar-refractivity contribution is -0.137.